The van der Waals surface area contributed by atoms with Gasteiger partial charge in [0.25, 0.3) is 5.91 Å². The van der Waals surface area contributed by atoms with Crippen LogP contribution in [0.2, 0.25) is 0 Å². The fourth-order valence-electron chi connectivity index (χ4n) is 4.25. The quantitative estimate of drug-likeness (QED) is 0.649. The van der Waals surface area contributed by atoms with Gasteiger partial charge in [-0.1, -0.05) is 0 Å². The summed E-state index contributed by atoms with van der Waals surface area (Å²) in [6.45, 7) is 2.79. The minimum atomic E-state index is -0.322. The van der Waals surface area contributed by atoms with Gasteiger partial charge in [-0.3, -0.25) is 9.78 Å². The van der Waals surface area contributed by atoms with Gasteiger partial charge in [0.2, 0.25) is 0 Å². The number of nitrogens with zero attached hydrogens (tertiary/aromatic N) is 5. The predicted molar refractivity (Wildman–Crippen MR) is 102 cm³/mol. The van der Waals surface area contributed by atoms with Crippen molar-refractivity contribution in [2.45, 2.75) is 44.7 Å². The Bertz CT molecular complexity index is 1060. The number of carbonyl (C=O) groups excluding carboxylic acids is 1. The number of nitrogens with one attached hydrogen (secondary N) is 1. The molecule has 0 aliphatic carbocycles. The Labute approximate surface area is 161 Å². The van der Waals surface area contributed by atoms with Crippen LogP contribution in [-0.4, -0.2) is 38.1 Å². The first-order chi connectivity index (χ1) is 13.6. The highest BCUT2D eigenvalue weighted by Gasteiger charge is 2.31. The molecule has 2 aliphatic heterocycles. The van der Waals surface area contributed by atoms with Crippen LogP contribution in [0.4, 0.5) is 10.2 Å². The zero-order valence-corrected chi connectivity index (χ0v) is 15.6. The first kappa shape index (κ1) is 17.1. The number of rotatable bonds is 0. The molecule has 28 heavy (non-hydrogen) atoms. The molecule has 5 rings (SSSR count). The maximum atomic E-state index is 14.1. The molecule has 2 atom stereocenters. The van der Waals surface area contributed by atoms with Crippen LogP contribution in [0.15, 0.2) is 30.7 Å². The van der Waals surface area contributed by atoms with Crippen LogP contribution < -0.4 is 10.2 Å². The molecule has 0 spiro atoms. The standard InChI is InChI=1S/C20H21FN6O/c1-12-4-5-16-14(9-13(21)10-22-16)17-3-2-7-26(17)18-6-8-27-19(25-18)15(11-23-27)20(28)24-12/h6,8-12,17H,2-5,7H2,1H3,(H,24,28). The van der Waals surface area contributed by atoms with Crippen LogP contribution in [0.25, 0.3) is 5.65 Å². The Hall–Kier alpha value is -3.03. The summed E-state index contributed by atoms with van der Waals surface area (Å²) >= 11 is 0. The van der Waals surface area contributed by atoms with Gasteiger partial charge in [0.05, 0.1) is 18.4 Å². The first-order valence-electron chi connectivity index (χ1n) is 9.66. The molecule has 1 saturated heterocycles. The van der Waals surface area contributed by atoms with Crippen molar-refractivity contribution in [1.82, 2.24) is 24.9 Å². The van der Waals surface area contributed by atoms with E-state index in [1.165, 1.54) is 6.20 Å². The second kappa shape index (κ2) is 6.54. The lowest BCUT2D eigenvalue weighted by atomic mass is 9.98. The Morgan fingerprint density at radius 2 is 2.18 bits per heavy atom. The lowest BCUT2D eigenvalue weighted by Crippen LogP contribution is -2.33. The molecule has 1 fully saturated rings. The number of carbonyl (C=O) groups is 1. The van der Waals surface area contributed by atoms with Crippen LogP contribution in [-0.2, 0) is 6.42 Å². The Morgan fingerprint density at radius 3 is 3.07 bits per heavy atom. The number of hydrogen-bond acceptors (Lipinski definition) is 5. The summed E-state index contributed by atoms with van der Waals surface area (Å²) < 4.78 is 15.7. The van der Waals surface area contributed by atoms with E-state index in [0.717, 1.165) is 42.9 Å². The minimum absolute atomic E-state index is 0.0271. The molecule has 1 N–H and O–H groups in total. The second-order valence-corrected chi connectivity index (χ2v) is 7.57. The van der Waals surface area contributed by atoms with Gasteiger partial charge in [-0.15, -0.1) is 0 Å². The Kier molecular flexibility index (Phi) is 3.99. The van der Waals surface area contributed by atoms with Crippen LogP contribution in [0.5, 0.6) is 0 Å². The number of fused-ring (bicyclic) bond motifs is 5. The molecule has 3 aromatic rings. The van der Waals surface area contributed by atoms with Crippen molar-refractivity contribution in [3.63, 3.8) is 0 Å². The molecule has 5 heterocycles. The van der Waals surface area contributed by atoms with E-state index >= 15 is 0 Å². The zero-order valence-electron chi connectivity index (χ0n) is 15.6. The molecule has 144 valence electrons. The van der Waals surface area contributed by atoms with Gasteiger partial charge in [-0.2, -0.15) is 5.10 Å². The average molecular weight is 380 g/mol. The molecule has 1 amide bonds. The maximum absolute atomic E-state index is 14.1. The molecule has 0 saturated carbocycles. The van der Waals surface area contributed by atoms with Crippen molar-refractivity contribution in [3.8, 4) is 0 Å². The number of pyridine rings is 1. The molecule has 2 bridgehead atoms. The molecule has 3 aromatic heterocycles. The lowest BCUT2D eigenvalue weighted by Gasteiger charge is -2.27. The summed E-state index contributed by atoms with van der Waals surface area (Å²) in [6.07, 6.45) is 7.97. The molecule has 2 unspecified atom stereocenters. The van der Waals surface area contributed by atoms with Gasteiger partial charge in [0, 0.05) is 24.5 Å². The van der Waals surface area contributed by atoms with Crippen LogP contribution >= 0.6 is 0 Å². The third-order valence-electron chi connectivity index (χ3n) is 5.67. The van der Waals surface area contributed by atoms with E-state index in [9.17, 15) is 9.18 Å². The van der Waals surface area contributed by atoms with E-state index in [-0.39, 0.29) is 23.8 Å². The second-order valence-electron chi connectivity index (χ2n) is 7.57. The van der Waals surface area contributed by atoms with E-state index in [0.29, 0.717) is 17.6 Å². The molecular formula is C20H21FN6O. The number of halogens is 1. The highest BCUT2D eigenvalue weighted by Crippen LogP contribution is 2.37. The van der Waals surface area contributed by atoms with E-state index < -0.39 is 0 Å². The van der Waals surface area contributed by atoms with Crippen molar-refractivity contribution >= 4 is 17.4 Å². The largest absolute Gasteiger partial charge is 0.349 e. The number of anilines is 1. The lowest BCUT2D eigenvalue weighted by molar-refractivity contribution is 0.0940. The summed E-state index contributed by atoms with van der Waals surface area (Å²) in [7, 11) is 0. The van der Waals surface area contributed by atoms with Gasteiger partial charge < -0.3 is 10.2 Å². The van der Waals surface area contributed by atoms with Crippen LogP contribution in [0.3, 0.4) is 0 Å². The van der Waals surface area contributed by atoms with Crippen LogP contribution in [0, 0.1) is 5.82 Å². The monoisotopic (exact) mass is 380 g/mol. The Morgan fingerprint density at radius 1 is 1.29 bits per heavy atom. The number of amides is 1. The zero-order chi connectivity index (χ0) is 19.3. The molecule has 0 aromatic carbocycles. The van der Waals surface area contributed by atoms with Gasteiger partial charge in [0.15, 0.2) is 5.65 Å². The highest BCUT2D eigenvalue weighted by atomic mass is 19.1. The third kappa shape index (κ3) is 2.80. The minimum Gasteiger partial charge on any atom is -0.349 e. The smallest absolute Gasteiger partial charge is 0.256 e. The normalized spacial score (nSPS) is 22.2. The maximum Gasteiger partial charge on any atom is 0.256 e. The highest BCUT2D eigenvalue weighted by molar-refractivity contribution is 5.99. The molecule has 0 radical (unpaired) electrons. The topological polar surface area (TPSA) is 75.4 Å². The van der Waals surface area contributed by atoms with Crippen molar-refractivity contribution in [1.29, 1.82) is 0 Å². The van der Waals surface area contributed by atoms with Crippen molar-refractivity contribution in [2.75, 3.05) is 11.4 Å². The van der Waals surface area contributed by atoms with Crippen molar-refractivity contribution in [2.24, 2.45) is 0 Å². The van der Waals surface area contributed by atoms with Gasteiger partial charge >= 0.3 is 0 Å². The summed E-state index contributed by atoms with van der Waals surface area (Å²) in [6, 6.07) is 3.48. The van der Waals surface area contributed by atoms with Crippen LogP contribution in [0.1, 0.15) is 53.8 Å². The van der Waals surface area contributed by atoms with E-state index in [1.807, 2.05) is 19.2 Å². The summed E-state index contributed by atoms with van der Waals surface area (Å²) in [5, 5.41) is 7.27. The average Bonchev–Trinajstić information content (AvgIpc) is 3.32. The molecule has 8 heteroatoms. The van der Waals surface area contributed by atoms with Crippen molar-refractivity contribution < 1.29 is 9.18 Å². The van der Waals surface area contributed by atoms with E-state index in [4.69, 9.17) is 4.98 Å². The summed E-state index contributed by atoms with van der Waals surface area (Å²) in [4.78, 5) is 24.1. The SMILES string of the molecule is CC1CCc2ncc(F)cc2C2CCCN2c2ccn3ncc(c3n2)C(=O)N1. The molecule has 2 aliphatic rings. The Balaban J connectivity index is 1.69. The fourth-order valence-corrected chi connectivity index (χ4v) is 4.25. The van der Waals surface area contributed by atoms with Gasteiger partial charge in [-0.05, 0) is 50.3 Å². The first-order valence-corrected chi connectivity index (χ1v) is 9.66. The summed E-state index contributed by atoms with van der Waals surface area (Å²) in [5.74, 6) is 0.265. The van der Waals surface area contributed by atoms with Gasteiger partial charge in [-0.25, -0.2) is 13.9 Å². The third-order valence-corrected chi connectivity index (χ3v) is 5.67. The number of aryl methyl sites for hydroxylation is 1. The predicted octanol–water partition coefficient (Wildman–Crippen LogP) is 2.67. The number of hydrogen-bond donors (Lipinski definition) is 1. The summed E-state index contributed by atoms with van der Waals surface area (Å²) in [5.41, 5.74) is 2.81. The molecular weight excluding hydrogens is 359 g/mol. The van der Waals surface area contributed by atoms with E-state index in [2.05, 4.69) is 20.3 Å². The fraction of sp³-hybridized carbons (Fsp3) is 0.400. The van der Waals surface area contributed by atoms with E-state index in [1.54, 1.807) is 16.8 Å². The number of aromatic nitrogens is 4. The van der Waals surface area contributed by atoms with Crippen molar-refractivity contribution in [3.05, 3.63) is 53.4 Å². The molecule has 7 nitrogen and oxygen atoms in total. The van der Waals surface area contributed by atoms with Gasteiger partial charge in [0.1, 0.15) is 17.2 Å².